The van der Waals surface area contributed by atoms with Crippen LogP contribution >= 0.6 is 11.8 Å². The Balaban J connectivity index is 1.96. The van der Waals surface area contributed by atoms with Crippen LogP contribution < -0.4 is 5.43 Å². The summed E-state index contributed by atoms with van der Waals surface area (Å²) in [5.74, 6) is -0.138. The van der Waals surface area contributed by atoms with Crippen molar-refractivity contribution in [3.63, 3.8) is 0 Å². The molecule has 1 amide bonds. The third kappa shape index (κ3) is 5.71. The number of pyridine rings is 1. The Labute approximate surface area is 154 Å². The van der Waals surface area contributed by atoms with E-state index in [2.05, 4.69) is 48.4 Å². The van der Waals surface area contributed by atoms with Crippen LogP contribution in [0.2, 0.25) is 0 Å². The van der Waals surface area contributed by atoms with Crippen LogP contribution in [0.4, 0.5) is 0 Å². The molecule has 2 rings (SSSR count). The molecule has 4 nitrogen and oxygen atoms in total. The Morgan fingerprint density at radius 3 is 2.40 bits per heavy atom. The molecule has 2 aromatic rings. The summed E-state index contributed by atoms with van der Waals surface area (Å²) in [6, 6.07) is 13.9. The molecule has 1 N–H and O–H groups in total. The second-order valence-electron chi connectivity index (χ2n) is 6.93. The third-order valence-corrected chi connectivity index (χ3v) is 4.86. The molecule has 132 valence electrons. The molecule has 0 aliphatic carbocycles. The molecule has 0 radical (unpaired) electrons. The quantitative estimate of drug-likeness (QED) is 0.491. The predicted molar refractivity (Wildman–Crippen MR) is 105 cm³/mol. The molecule has 1 unspecified atom stereocenters. The summed E-state index contributed by atoms with van der Waals surface area (Å²) in [6.07, 6.45) is 1.72. The fourth-order valence-corrected chi connectivity index (χ4v) is 2.96. The molecule has 0 aliphatic heterocycles. The highest BCUT2D eigenvalue weighted by Crippen LogP contribution is 2.22. The topological polar surface area (TPSA) is 54.4 Å². The van der Waals surface area contributed by atoms with Crippen LogP contribution in [0, 0.1) is 0 Å². The first-order valence-corrected chi connectivity index (χ1v) is 9.18. The Kier molecular flexibility index (Phi) is 6.37. The van der Waals surface area contributed by atoms with Crippen molar-refractivity contribution in [3.05, 3.63) is 59.8 Å². The van der Waals surface area contributed by atoms with Gasteiger partial charge in [0, 0.05) is 6.20 Å². The molecule has 0 fully saturated rings. The maximum Gasteiger partial charge on any atom is 0.253 e. The summed E-state index contributed by atoms with van der Waals surface area (Å²) in [7, 11) is 0. The number of hydrogen-bond donors (Lipinski definition) is 1. The van der Waals surface area contributed by atoms with Crippen LogP contribution in [-0.2, 0) is 10.2 Å². The Morgan fingerprint density at radius 1 is 1.16 bits per heavy atom. The zero-order chi connectivity index (χ0) is 18.4. The monoisotopic (exact) mass is 355 g/mol. The summed E-state index contributed by atoms with van der Waals surface area (Å²) < 4.78 is 0. The molecule has 0 saturated heterocycles. The van der Waals surface area contributed by atoms with Crippen LogP contribution in [0.25, 0.3) is 0 Å². The molecular formula is C20H25N3OS. The van der Waals surface area contributed by atoms with Gasteiger partial charge in [0.1, 0.15) is 0 Å². The van der Waals surface area contributed by atoms with E-state index in [1.165, 1.54) is 17.3 Å². The average molecular weight is 356 g/mol. The number of nitrogens with one attached hydrogen (secondary N) is 1. The van der Waals surface area contributed by atoms with Gasteiger partial charge in [0.25, 0.3) is 5.91 Å². The van der Waals surface area contributed by atoms with Crippen molar-refractivity contribution in [1.29, 1.82) is 0 Å². The molecule has 5 heteroatoms. The minimum absolute atomic E-state index is 0.121. The van der Waals surface area contributed by atoms with E-state index in [4.69, 9.17) is 0 Å². The van der Waals surface area contributed by atoms with Crippen molar-refractivity contribution in [3.8, 4) is 0 Å². The zero-order valence-electron chi connectivity index (χ0n) is 15.4. The summed E-state index contributed by atoms with van der Waals surface area (Å²) in [5, 5.41) is 4.79. The maximum absolute atomic E-state index is 12.2. The molecule has 25 heavy (non-hydrogen) atoms. The number of hydrogen-bond acceptors (Lipinski definition) is 4. The van der Waals surface area contributed by atoms with Gasteiger partial charge in [0.05, 0.1) is 16.0 Å². The smallest absolute Gasteiger partial charge is 0.253 e. The maximum atomic E-state index is 12.2. The Hall–Kier alpha value is -2.14. The summed E-state index contributed by atoms with van der Waals surface area (Å²) in [5.41, 5.74) is 5.82. The third-order valence-electron chi connectivity index (χ3n) is 3.81. The number of rotatable bonds is 5. The second-order valence-corrected chi connectivity index (χ2v) is 8.29. The highest BCUT2D eigenvalue weighted by molar-refractivity contribution is 8.00. The van der Waals surface area contributed by atoms with E-state index in [1.54, 1.807) is 6.20 Å². The highest BCUT2D eigenvalue weighted by Gasteiger charge is 2.15. The van der Waals surface area contributed by atoms with E-state index in [0.717, 1.165) is 16.3 Å². The SMILES string of the molecule is C/C(=N\NC(=O)C(C)Sc1ccccn1)c1ccc(C(C)(C)C)cc1. The van der Waals surface area contributed by atoms with Crippen LogP contribution in [0.5, 0.6) is 0 Å². The summed E-state index contributed by atoms with van der Waals surface area (Å²) in [4.78, 5) is 16.4. The van der Waals surface area contributed by atoms with Gasteiger partial charge in [0.2, 0.25) is 0 Å². The van der Waals surface area contributed by atoms with Gasteiger partial charge in [-0.25, -0.2) is 10.4 Å². The van der Waals surface area contributed by atoms with Crippen molar-refractivity contribution in [2.75, 3.05) is 0 Å². The van der Waals surface area contributed by atoms with Gasteiger partial charge < -0.3 is 0 Å². The molecule has 0 saturated carbocycles. The van der Waals surface area contributed by atoms with E-state index >= 15 is 0 Å². The molecule has 0 spiro atoms. The fraction of sp³-hybridized carbons (Fsp3) is 0.350. The largest absolute Gasteiger partial charge is 0.272 e. The molecule has 1 atom stereocenters. The molecule has 0 aliphatic rings. The highest BCUT2D eigenvalue weighted by atomic mass is 32.2. The first-order chi connectivity index (χ1) is 11.8. The number of aromatic nitrogens is 1. The molecule has 1 heterocycles. The van der Waals surface area contributed by atoms with Gasteiger partial charge in [-0.15, -0.1) is 0 Å². The van der Waals surface area contributed by atoms with E-state index in [0.29, 0.717) is 0 Å². The normalized spacial score (nSPS) is 13.4. The average Bonchev–Trinajstić information content (AvgIpc) is 2.59. The minimum atomic E-state index is -0.269. The zero-order valence-corrected chi connectivity index (χ0v) is 16.2. The number of carbonyl (C=O) groups is 1. The van der Waals surface area contributed by atoms with Crippen LogP contribution in [0.1, 0.15) is 45.7 Å². The number of benzene rings is 1. The van der Waals surface area contributed by atoms with Crippen molar-refractivity contribution in [1.82, 2.24) is 10.4 Å². The van der Waals surface area contributed by atoms with Gasteiger partial charge in [-0.3, -0.25) is 4.79 Å². The lowest BCUT2D eigenvalue weighted by atomic mass is 9.86. The lowest BCUT2D eigenvalue weighted by molar-refractivity contribution is -0.120. The molecule has 1 aromatic heterocycles. The predicted octanol–water partition coefficient (Wildman–Crippen LogP) is 4.40. The lowest BCUT2D eigenvalue weighted by Crippen LogP contribution is -2.27. The van der Waals surface area contributed by atoms with Gasteiger partial charge >= 0.3 is 0 Å². The van der Waals surface area contributed by atoms with Crippen molar-refractivity contribution in [2.45, 2.75) is 50.3 Å². The molecule has 1 aromatic carbocycles. The van der Waals surface area contributed by atoms with E-state index in [-0.39, 0.29) is 16.6 Å². The minimum Gasteiger partial charge on any atom is -0.272 e. The number of hydrazone groups is 1. The lowest BCUT2D eigenvalue weighted by Gasteiger charge is -2.19. The number of nitrogens with zero attached hydrogens (tertiary/aromatic N) is 2. The van der Waals surface area contributed by atoms with Gasteiger partial charge in [-0.05, 0) is 42.5 Å². The van der Waals surface area contributed by atoms with Crippen LogP contribution in [-0.4, -0.2) is 21.9 Å². The second kappa shape index (κ2) is 8.30. The van der Waals surface area contributed by atoms with Crippen molar-refractivity contribution in [2.24, 2.45) is 5.10 Å². The van der Waals surface area contributed by atoms with Crippen molar-refractivity contribution >= 4 is 23.4 Å². The first kappa shape index (κ1) is 19.2. The van der Waals surface area contributed by atoms with Crippen LogP contribution in [0.15, 0.2) is 58.8 Å². The standard InChI is InChI=1S/C20H25N3OS/c1-14(16-9-11-17(12-10-16)20(3,4)5)22-23-19(24)15(2)25-18-8-6-7-13-21-18/h6-13,15H,1-5H3,(H,23,24)/b22-14+. The van der Waals surface area contributed by atoms with E-state index < -0.39 is 0 Å². The number of carbonyl (C=O) groups excluding carboxylic acids is 1. The summed E-state index contributed by atoms with van der Waals surface area (Å²) >= 11 is 1.41. The van der Waals surface area contributed by atoms with Gasteiger partial charge in [0.15, 0.2) is 0 Å². The Morgan fingerprint density at radius 2 is 1.84 bits per heavy atom. The fourth-order valence-electron chi connectivity index (χ4n) is 2.16. The van der Waals surface area contributed by atoms with Crippen molar-refractivity contribution < 1.29 is 4.79 Å². The first-order valence-electron chi connectivity index (χ1n) is 8.30. The van der Waals surface area contributed by atoms with Crippen LogP contribution in [0.3, 0.4) is 0 Å². The van der Waals surface area contributed by atoms with Gasteiger partial charge in [-0.2, -0.15) is 5.10 Å². The summed E-state index contributed by atoms with van der Waals surface area (Å²) in [6.45, 7) is 10.3. The molecule has 0 bridgehead atoms. The Bertz CT molecular complexity index is 734. The van der Waals surface area contributed by atoms with E-state index in [9.17, 15) is 4.79 Å². The van der Waals surface area contributed by atoms with Gasteiger partial charge in [-0.1, -0.05) is 62.9 Å². The number of thioether (sulfide) groups is 1. The number of amides is 1. The van der Waals surface area contributed by atoms with E-state index in [1.807, 2.05) is 44.2 Å². The molecular weight excluding hydrogens is 330 g/mol.